The highest BCUT2D eigenvalue weighted by Crippen LogP contribution is 2.13. The summed E-state index contributed by atoms with van der Waals surface area (Å²) in [4.78, 5) is 23.8. The number of pyridine rings is 1. The number of guanidine groups is 1. The highest BCUT2D eigenvalue weighted by molar-refractivity contribution is 5.80. The number of ether oxygens (including phenoxy) is 1. The van der Waals surface area contributed by atoms with Crippen molar-refractivity contribution >= 4 is 12.1 Å². The van der Waals surface area contributed by atoms with Gasteiger partial charge in [0.15, 0.2) is 5.96 Å². The standard InChI is InChI=1S/C24H42N6O2/c1-7-25-22(27-16-21(18(2)3)29-23(31)32-24(4,5)6)28-19-11-14-30(15-12-19)17-20-10-8-9-13-26-20/h8-10,13,18-19,21H,7,11-12,14-17H2,1-6H3,(H,29,31)(H2,25,27,28). The van der Waals surface area contributed by atoms with Crippen molar-refractivity contribution in [3.05, 3.63) is 30.1 Å². The van der Waals surface area contributed by atoms with Crippen LogP contribution < -0.4 is 16.0 Å². The number of aliphatic imine (C=N–C) groups is 1. The van der Waals surface area contributed by atoms with Crippen LogP contribution in [0, 0.1) is 5.92 Å². The molecule has 32 heavy (non-hydrogen) atoms. The third-order valence-electron chi connectivity index (χ3n) is 5.34. The van der Waals surface area contributed by atoms with Gasteiger partial charge in [-0.05, 0) is 58.6 Å². The van der Waals surface area contributed by atoms with Crippen LogP contribution >= 0.6 is 0 Å². The van der Waals surface area contributed by atoms with Crippen LogP contribution in [0.4, 0.5) is 4.79 Å². The van der Waals surface area contributed by atoms with Gasteiger partial charge in [-0.2, -0.15) is 0 Å². The van der Waals surface area contributed by atoms with Crippen LogP contribution in [0.1, 0.15) is 60.1 Å². The number of carbonyl (C=O) groups excluding carboxylic acids is 1. The van der Waals surface area contributed by atoms with Crippen LogP contribution in [0.2, 0.25) is 0 Å². The van der Waals surface area contributed by atoms with Gasteiger partial charge < -0.3 is 20.7 Å². The van der Waals surface area contributed by atoms with Crippen molar-refractivity contribution in [3.63, 3.8) is 0 Å². The van der Waals surface area contributed by atoms with Gasteiger partial charge in [-0.3, -0.25) is 14.9 Å². The molecule has 1 aromatic rings. The molecule has 180 valence electrons. The summed E-state index contributed by atoms with van der Waals surface area (Å²) in [5.74, 6) is 1.04. The molecule has 1 saturated heterocycles. The first-order valence-electron chi connectivity index (χ1n) is 11.8. The Bertz CT molecular complexity index is 709. The lowest BCUT2D eigenvalue weighted by Gasteiger charge is -2.33. The molecule has 0 bridgehead atoms. The van der Waals surface area contributed by atoms with Gasteiger partial charge in [0.1, 0.15) is 5.60 Å². The first kappa shape index (κ1) is 25.9. The summed E-state index contributed by atoms with van der Waals surface area (Å²) < 4.78 is 5.41. The van der Waals surface area contributed by atoms with E-state index in [1.54, 1.807) is 0 Å². The SMILES string of the molecule is CCNC(=NCC(NC(=O)OC(C)(C)C)C(C)C)NC1CCN(Cc2ccccn2)CC1. The summed E-state index contributed by atoms with van der Waals surface area (Å²) >= 11 is 0. The molecule has 0 aliphatic carbocycles. The molecule has 0 spiro atoms. The average molecular weight is 447 g/mol. The molecular weight excluding hydrogens is 404 g/mol. The monoisotopic (exact) mass is 446 g/mol. The number of rotatable bonds is 8. The van der Waals surface area contributed by atoms with Gasteiger partial charge in [0.2, 0.25) is 0 Å². The third-order valence-corrected chi connectivity index (χ3v) is 5.34. The molecule has 2 heterocycles. The summed E-state index contributed by atoms with van der Waals surface area (Å²) in [7, 11) is 0. The third kappa shape index (κ3) is 9.85. The summed E-state index contributed by atoms with van der Waals surface area (Å²) in [5.41, 5.74) is 0.600. The number of hydrogen-bond acceptors (Lipinski definition) is 5. The molecule has 8 heteroatoms. The maximum absolute atomic E-state index is 12.2. The van der Waals surface area contributed by atoms with Gasteiger partial charge in [-0.15, -0.1) is 0 Å². The summed E-state index contributed by atoms with van der Waals surface area (Å²) in [6.45, 7) is 16.0. The molecule has 1 aliphatic rings. The van der Waals surface area contributed by atoms with Crippen molar-refractivity contribution in [1.29, 1.82) is 0 Å². The number of carbonyl (C=O) groups is 1. The zero-order valence-electron chi connectivity index (χ0n) is 20.6. The minimum absolute atomic E-state index is 0.0967. The lowest BCUT2D eigenvalue weighted by atomic mass is 10.0. The van der Waals surface area contributed by atoms with Crippen molar-refractivity contribution in [2.45, 2.75) is 78.6 Å². The Morgan fingerprint density at radius 2 is 2.00 bits per heavy atom. The Morgan fingerprint density at radius 3 is 2.56 bits per heavy atom. The zero-order valence-corrected chi connectivity index (χ0v) is 20.6. The maximum Gasteiger partial charge on any atom is 0.407 e. The van der Waals surface area contributed by atoms with E-state index in [9.17, 15) is 4.79 Å². The van der Waals surface area contributed by atoms with Crippen molar-refractivity contribution in [3.8, 4) is 0 Å². The van der Waals surface area contributed by atoms with Crippen LogP contribution in [-0.4, -0.2) is 65.8 Å². The molecule has 1 amide bonds. The second-order valence-electron chi connectivity index (χ2n) is 9.73. The Balaban J connectivity index is 1.86. The molecule has 1 unspecified atom stereocenters. The number of alkyl carbamates (subject to hydrolysis) is 1. The largest absolute Gasteiger partial charge is 0.444 e. The van der Waals surface area contributed by atoms with Gasteiger partial charge in [0.05, 0.1) is 18.3 Å². The molecular formula is C24H42N6O2. The van der Waals surface area contributed by atoms with Crippen molar-refractivity contribution in [2.24, 2.45) is 10.9 Å². The van der Waals surface area contributed by atoms with Gasteiger partial charge >= 0.3 is 6.09 Å². The summed E-state index contributed by atoms with van der Waals surface area (Å²) in [6, 6.07) is 6.35. The van der Waals surface area contributed by atoms with Gasteiger partial charge in [-0.1, -0.05) is 19.9 Å². The smallest absolute Gasteiger partial charge is 0.407 e. The van der Waals surface area contributed by atoms with Gasteiger partial charge in [0.25, 0.3) is 0 Å². The number of amides is 1. The van der Waals surface area contributed by atoms with Crippen LogP contribution in [0.15, 0.2) is 29.4 Å². The number of nitrogens with one attached hydrogen (secondary N) is 3. The molecule has 8 nitrogen and oxygen atoms in total. The topological polar surface area (TPSA) is 90.9 Å². The fourth-order valence-corrected chi connectivity index (χ4v) is 3.54. The number of likely N-dealkylation sites (tertiary alicyclic amines) is 1. The van der Waals surface area contributed by atoms with Gasteiger partial charge in [0, 0.05) is 38.4 Å². The van der Waals surface area contributed by atoms with E-state index in [1.165, 1.54) is 0 Å². The van der Waals surface area contributed by atoms with E-state index < -0.39 is 11.7 Å². The molecule has 0 aromatic carbocycles. The van der Waals surface area contributed by atoms with Crippen LogP contribution in [0.5, 0.6) is 0 Å². The summed E-state index contributed by atoms with van der Waals surface area (Å²) in [6.07, 6.45) is 3.57. The number of piperidine rings is 1. The zero-order chi connectivity index (χ0) is 23.6. The lowest BCUT2D eigenvalue weighted by Crippen LogP contribution is -2.49. The quantitative estimate of drug-likeness (QED) is 0.420. The molecule has 3 N–H and O–H groups in total. The Labute approximate surface area is 193 Å². The normalized spacial score (nSPS) is 17.2. The number of hydrogen-bond donors (Lipinski definition) is 3. The molecule has 1 fully saturated rings. The lowest BCUT2D eigenvalue weighted by molar-refractivity contribution is 0.0493. The van der Waals surface area contributed by atoms with E-state index in [1.807, 2.05) is 39.1 Å². The maximum atomic E-state index is 12.2. The van der Waals surface area contributed by atoms with Crippen molar-refractivity contribution < 1.29 is 9.53 Å². The first-order valence-corrected chi connectivity index (χ1v) is 11.8. The molecule has 1 aliphatic heterocycles. The molecule has 0 radical (unpaired) electrons. The van der Waals surface area contributed by atoms with Crippen LogP contribution in [0.3, 0.4) is 0 Å². The first-order chi connectivity index (χ1) is 15.2. The second-order valence-corrected chi connectivity index (χ2v) is 9.73. The molecule has 2 rings (SSSR count). The van der Waals surface area contributed by atoms with E-state index in [2.05, 4.69) is 52.7 Å². The fourth-order valence-electron chi connectivity index (χ4n) is 3.54. The summed E-state index contributed by atoms with van der Waals surface area (Å²) in [5, 5.41) is 9.88. The molecule has 1 atom stereocenters. The predicted molar refractivity (Wildman–Crippen MR) is 130 cm³/mol. The van der Waals surface area contributed by atoms with E-state index in [4.69, 9.17) is 9.73 Å². The van der Waals surface area contributed by atoms with Gasteiger partial charge in [-0.25, -0.2) is 4.79 Å². The average Bonchev–Trinajstić information content (AvgIpc) is 2.71. The van der Waals surface area contributed by atoms with Crippen LogP contribution in [-0.2, 0) is 11.3 Å². The molecule has 1 aromatic heterocycles. The highest BCUT2D eigenvalue weighted by atomic mass is 16.6. The Hall–Kier alpha value is -2.35. The number of aromatic nitrogens is 1. The van der Waals surface area contributed by atoms with Crippen molar-refractivity contribution in [1.82, 2.24) is 25.8 Å². The van der Waals surface area contributed by atoms with Crippen LogP contribution in [0.25, 0.3) is 0 Å². The fraction of sp³-hybridized carbons (Fsp3) is 0.708. The highest BCUT2D eigenvalue weighted by Gasteiger charge is 2.23. The van der Waals surface area contributed by atoms with E-state index in [0.29, 0.717) is 12.6 Å². The second kappa shape index (κ2) is 12.6. The Morgan fingerprint density at radius 1 is 1.28 bits per heavy atom. The minimum atomic E-state index is -0.517. The number of nitrogens with zero attached hydrogens (tertiary/aromatic N) is 3. The molecule has 0 saturated carbocycles. The Kier molecular flexibility index (Phi) is 10.2. The van der Waals surface area contributed by atoms with E-state index in [0.717, 1.165) is 50.7 Å². The van der Waals surface area contributed by atoms with Crippen molar-refractivity contribution in [2.75, 3.05) is 26.2 Å². The van der Waals surface area contributed by atoms with E-state index in [-0.39, 0.29) is 12.0 Å². The predicted octanol–water partition coefficient (Wildman–Crippen LogP) is 3.15. The van der Waals surface area contributed by atoms with E-state index >= 15 is 0 Å². The minimum Gasteiger partial charge on any atom is -0.444 e.